The Balaban J connectivity index is 1.19. The Labute approximate surface area is 239 Å². The van der Waals surface area contributed by atoms with Crippen molar-refractivity contribution in [3.63, 3.8) is 0 Å². The van der Waals surface area contributed by atoms with E-state index in [2.05, 4.69) is 44.5 Å². The van der Waals surface area contributed by atoms with Crippen molar-refractivity contribution in [2.24, 2.45) is 0 Å². The molecule has 1 saturated heterocycles. The van der Waals surface area contributed by atoms with Crippen LogP contribution in [-0.2, 0) is 11.3 Å². The molecular weight excluding hydrogens is 516 g/mol. The van der Waals surface area contributed by atoms with Crippen LogP contribution in [-0.4, -0.2) is 50.3 Å². The molecule has 0 atom stereocenters. The average molecular weight is 551 g/mol. The second-order valence-corrected chi connectivity index (χ2v) is 11.3. The number of imidazole rings is 1. The van der Waals surface area contributed by atoms with Crippen molar-refractivity contribution in [2.45, 2.75) is 51.9 Å². The summed E-state index contributed by atoms with van der Waals surface area (Å²) < 4.78 is 13.4. The summed E-state index contributed by atoms with van der Waals surface area (Å²) in [6.07, 6.45) is 4.89. The third-order valence-electron chi connectivity index (χ3n) is 7.12. The largest absolute Gasteiger partial charge is 0.487 e. The highest BCUT2D eigenvalue weighted by Crippen LogP contribution is 2.30. The SMILES string of the molecule is CC(C)(C)OC(=O)NC1CCN(c2cccc3ccc(-n4cnc5cc(OCc6ccccn6)ccc54)nc23)CC1. The highest BCUT2D eigenvalue weighted by molar-refractivity contribution is 5.92. The van der Waals surface area contributed by atoms with Crippen LogP contribution >= 0.6 is 0 Å². The van der Waals surface area contributed by atoms with Crippen LogP contribution < -0.4 is 15.0 Å². The van der Waals surface area contributed by atoms with Crippen molar-refractivity contribution in [3.8, 4) is 11.6 Å². The van der Waals surface area contributed by atoms with Crippen LogP contribution in [0.25, 0.3) is 27.8 Å². The summed E-state index contributed by atoms with van der Waals surface area (Å²) >= 11 is 0. The van der Waals surface area contributed by atoms with Crippen molar-refractivity contribution < 1.29 is 14.3 Å². The minimum absolute atomic E-state index is 0.0923. The van der Waals surface area contributed by atoms with E-state index in [4.69, 9.17) is 14.5 Å². The van der Waals surface area contributed by atoms with Crippen LogP contribution in [0.1, 0.15) is 39.3 Å². The topological polar surface area (TPSA) is 94.4 Å². The predicted molar refractivity (Wildman–Crippen MR) is 160 cm³/mol. The second kappa shape index (κ2) is 11.1. The zero-order valence-corrected chi connectivity index (χ0v) is 23.6. The minimum Gasteiger partial charge on any atom is -0.487 e. The highest BCUT2D eigenvalue weighted by atomic mass is 16.6. The lowest BCUT2D eigenvalue weighted by molar-refractivity contribution is 0.0497. The Morgan fingerprint density at radius 2 is 1.85 bits per heavy atom. The Kier molecular flexibility index (Phi) is 7.17. The summed E-state index contributed by atoms with van der Waals surface area (Å²) in [5.41, 5.74) is 4.19. The number of nitrogens with one attached hydrogen (secondary N) is 1. The van der Waals surface area contributed by atoms with Gasteiger partial charge in [-0.2, -0.15) is 0 Å². The zero-order valence-electron chi connectivity index (χ0n) is 23.6. The smallest absolute Gasteiger partial charge is 0.407 e. The normalized spacial score (nSPS) is 14.4. The molecule has 9 heteroatoms. The number of para-hydroxylation sites is 1. The predicted octanol–water partition coefficient (Wildman–Crippen LogP) is 6.04. The number of hydrogen-bond acceptors (Lipinski definition) is 7. The number of alkyl carbamates (subject to hydrolysis) is 1. The van der Waals surface area contributed by atoms with Crippen LogP contribution in [0.2, 0.25) is 0 Å². The molecule has 1 N–H and O–H groups in total. The fourth-order valence-electron chi connectivity index (χ4n) is 5.16. The Morgan fingerprint density at radius 3 is 2.63 bits per heavy atom. The maximum atomic E-state index is 12.2. The number of amides is 1. The van der Waals surface area contributed by atoms with Crippen LogP contribution in [0.3, 0.4) is 0 Å². The van der Waals surface area contributed by atoms with Crippen molar-refractivity contribution in [1.29, 1.82) is 0 Å². The Bertz CT molecular complexity index is 1670. The van der Waals surface area contributed by atoms with E-state index in [1.54, 1.807) is 12.5 Å². The van der Waals surface area contributed by atoms with E-state index in [0.29, 0.717) is 6.61 Å². The molecule has 9 nitrogen and oxygen atoms in total. The molecule has 2 aromatic carbocycles. The quantitative estimate of drug-likeness (QED) is 0.275. The van der Waals surface area contributed by atoms with E-state index >= 15 is 0 Å². The monoisotopic (exact) mass is 550 g/mol. The number of pyridine rings is 2. The molecule has 3 aromatic heterocycles. The number of piperidine rings is 1. The van der Waals surface area contributed by atoms with Gasteiger partial charge in [-0.05, 0) is 76.1 Å². The van der Waals surface area contributed by atoms with Gasteiger partial charge in [0.05, 0.1) is 27.9 Å². The molecule has 1 amide bonds. The molecule has 0 bridgehead atoms. The number of ether oxygens (including phenoxy) is 2. The lowest BCUT2D eigenvalue weighted by Crippen LogP contribution is -2.46. The molecule has 1 aliphatic heterocycles. The molecule has 5 aromatic rings. The summed E-state index contributed by atoms with van der Waals surface area (Å²) in [7, 11) is 0. The van der Waals surface area contributed by atoms with Gasteiger partial charge in [0.1, 0.15) is 30.1 Å². The molecule has 4 heterocycles. The molecule has 0 radical (unpaired) electrons. The van der Waals surface area contributed by atoms with Crippen LogP contribution in [0.4, 0.5) is 10.5 Å². The van der Waals surface area contributed by atoms with Crippen LogP contribution in [0.15, 0.2) is 79.3 Å². The molecule has 0 aliphatic carbocycles. The first-order valence-electron chi connectivity index (χ1n) is 14.0. The standard InChI is InChI=1S/C32H34N6O3/c1-32(2,3)41-31(39)35-23-14-17-37(18-15-23)28-9-6-7-22-10-13-29(36-30(22)28)38-21-34-26-19-25(11-12-27(26)38)40-20-24-8-4-5-16-33-24/h4-13,16,19,21,23H,14-15,17-18,20H2,1-3H3,(H,35,39). The molecule has 1 fully saturated rings. The first kappa shape index (κ1) is 26.6. The molecule has 41 heavy (non-hydrogen) atoms. The molecular formula is C32H34N6O3. The average Bonchev–Trinajstić information content (AvgIpc) is 3.39. The van der Waals surface area contributed by atoms with Crippen molar-refractivity contribution in [2.75, 3.05) is 18.0 Å². The number of carbonyl (C=O) groups excluding carboxylic acids is 1. The lowest BCUT2D eigenvalue weighted by atomic mass is 10.0. The van der Waals surface area contributed by atoms with Gasteiger partial charge in [0.15, 0.2) is 0 Å². The van der Waals surface area contributed by atoms with Gasteiger partial charge in [-0.3, -0.25) is 9.55 Å². The third-order valence-corrected chi connectivity index (χ3v) is 7.12. The number of hydrogen-bond donors (Lipinski definition) is 1. The maximum absolute atomic E-state index is 12.2. The fraction of sp³-hybridized carbons (Fsp3) is 0.312. The number of rotatable bonds is 6. The minimum atomic E-state index is -0.506. The van der Waals surface area contributed by atoms with Crippen LogP contribution in [0, 0.1) is 0 Å². The first-order chi connectivity index (χ1) is 19.8. The lowest BCUT2D eigenvalue weighted by Gasteiger charge is -2.34. The number of anilines is 1. The molecule has 0 spiro atoms. The van der Waals surface area contributed by atoms with Gasteiger partial charge < -0.3 is 19.7 Å². The Hall–Kier alpha value is -4.66. The third kappa shape index (κ3) is 6.09. The van der Waals surface area contributed by atoms with E-state index in [1.807, 2.05) is 67.8 Å². The molecule has 0 saturated carbocycles. The zero-order chi connectivity index (χ0) is 28.4. The number of fused-ring (bicyclic) bond motifs is 2. The van der Waals surface area contributed by atoms with E-state index in [9.17, 15) is 4.79 Å². The van der Waals surface area contributed by atoms with Gasteiger partial charge >= 0.3 is 6.09 Å². The Morgan fingerprint density at radius 1 is 1.00 bits per heavy atom. The first-order valence-corrected chi connectivity index (χ1v) is 14.0. The molecule has 6 rings (SSSR count). The number of carbonyl (C=O) groups is 1. The maximum Gasteiger partial charge on any atom is 0.407 e. The van der Waals surface area contributed by atoms with Crippen molar-refractivity contribution in [1.82, 2.24) is 24.8 Å². The van der Waals surface area contributed by atoms with Gasteiger partial charge in [0, 0.05) is 36.8 Å². The summed E-state index contributed by atoms with van der Waals surface area (Å²) in [6.45, 7) is 7.67. The summed E-state index contributed by atoms with van der Waals surface area (Å²) in [5, 5.41) is 4.10. The highest BCUT2D eigenvalue weighted by Gasteiger charge is 2.25. The number of aromatic nitrogens is 4. The molecule has 210 valence electrons. The molecule has 1 aliphatic rings. The van der Waals surface area contributed by atoms with E-state index < -0.39 is 5.60 Å². The van der Waals surface area contributed by atoms with Crippen molar-refractivity contribution in [3.05, 3.63) is 84.9 Å². The van der Waals surface area contributed by atoms with Gasteiger partial charge in [0.2, 0.25) is 0 Å². The number of benzene rings is 2. The second-order valence-electron chi connectivity index (χ2n) is 11.3. The van der Waals surface area contributed by atoms with E-state index in [0.717, 1.165) is 70.8 Å². The van der Waals surface area contributed by atoms with E-state index in [1.165, 1.54) is 0 Å². The van der Waals surface area contributed by atoms with Gasteiger partial charge in [-0.25, -0.2) is 14.8 Å². The van der Waals surface area contributed by atoms with Gasteiger partial charge in [-0.15, -0.1) is 0 Å². The molecule has 0 unspecified atom stereocenters. The van der Waals surface area contributed by atoms with Crippen molar-refractivity contribution >= 4 is 33.7 Å². The summed E-state index contributed by atoms with van der Waals surface area (Å²) in [5.74, 6) is 1.54. The van der Waals surface area contributed by atoms with Gasteiger partial charge in [-0.1, -0.05) is 18.2 Å². The number of nitrogens with zero attached hydrogens (tertiary/aromatic N) is 5. The fourth-order valence-corrected chi connectivity index (χ4v) is 5.16. The van der Waals surface area contributed by atoms with E-state index in [-0.39, 0.29) is 12.1 Å². The van der Waals surface area contributed by atoms with Crippen LogP contribution in [0.5, 0.6) is 5.75 Å². The summed E-state index contributed by atoms with van der Waals surface area (Å²) in [4.78, 5) is 28.6. The van der Waals surface area contributed by atoms with Gasteiger partial charge in [0.25, 0.3) is 0 Å². The summed E-state index contributed by atoms with van der Waals surface area (Å²) in [6, 6.07) is 22.2.